The van der Waals surface area contributed by atoms with Gasteiger partial charge in [-0.2, -0.15) is 10.6 Å². The molecule has 0 aromatic heterocycles. The molecule has 3 aromatic rings. The van der Waals surface area contributed by atoms with E-state index in [1.54, 1.807) is 4.90 Å². The second-order valence-corrected chi connectivity index (χ2v) is 13.5. The van der Waals surface area contributed by atoms with Gasteiger partial charge in [0.2, 0.25) is 0 Å². The Morgan fingerprint density at radius 2 is 1.42 bits per heavy atom. The van der Waals surface area contributed by atoms with E-state index < -0.39 is 22.4 Å². The fourth-order valence-corrected chi connectivity index (χ4v) is 6.67. The molecule has 0 unspecified atom stereocenters. The fraction of sp³-hybridized carbons (Fsp3) is 0.375. The van der Waals surface area contributed by atoms with Gasteiger partial charge >= 0.3 is 12.0 Å². The average molecular weight is 611 g/mol. The van der Waals surface area contributed by atoms with E-state index in [4.69, 9.17) is 0 Å². The largest absolute Gasteiger partial charge is 0.465 e. The Balaban J connectivity index is 1.26. The lowest BCUT2D eigenvalue weighted by Gasteiger charge is -2.42. The Labute approximate surface area is 253 Å². The lowest BCUT2D eigenvalue weighted by molar-refractivity contribution is 0.0600. The molecule has 2 aliphatic rings. The van der Waals surface area contributed by atoms with Crippen LogP contribution in [-0.4, -0.2) is 93.7 Å². The van der Waals surface area contributed by atoms with Gasteiger partial charge < -0.3 is 9.64 Å². The normalized spacial score (nSPS) is 18.2. The van der Waals surface area contributed by atoms with Crippen molar-refractivity contribution >= 4 is 28.3 Å². The molecule has 2 saturated heterocycles. The zero-order chi connectivity index (χ0) is 30.4. The summed E-state index contributed by atoms with van der Waals surface area (Å²) in [6.07, 6.45) is 0. The molecule has 9 nitrogen and oxygen atoms in total. The van der Waals surface area contributed by atoms with Crippen molar-refractivity contribution in [1.29, 1.82) is 0 Å². The highest BCUT2D eigenvalue weighted by Gasteiger charge is 2.30. The van der Waals surface area contributed by atoms with Gasteiger partial charge in [-0.15, -0.1) is 0 Å². The van der Waals surface area contributed by atoms with E-state index >= 15 is 4.39 Å². The topological polar surface area (TPSA) is 96.8 Å². The summed E-state index contributed by atoms with van der Waals surface area (Å²) in [7, 11) is -1.45. The van der Waals surface area contributed by atoms with Crippen molar-refractivity contribution in [2.24, 2.45) is 0 Å². The van der Waals surface area contributed by atoms with Crippen molar-refractivity contribution in [3.05, 3.63) is 101 Å². The first-order valence-corrected chi connectivity index (χ1v) is 16.3. The lowest BCUT2D eigenvalue weighted by atomic mass is 10.1. The maximum atomic E-state index is 15.1. The van der Waals surface area contributed by atoms with Crippen LogP contribution < -0.4 is 4.90 Å². The molecule has 2 N–H and O–H groups in total. The quantitative estimate of drug-likeness (QED) is 0.342. The molecule has 43 heavy (non-hydrogen) atoms. The number of anilines is 1. The first-order chi connectivity index (χ1) is 20.7. The maximum Gasteiger partial charge on any atom is 0.337 e. The smallest absolute Gasteiger partial charge is 0.337 e. The van der Waals surface area contributed by atoms with Gasteiger partial charge in [0.05, 0.1) is 30.7 Å². The summed E-state index contributed by atoms with van der Waals surface area (Å²) in [6.45, 7) is 6.03. The third kappa shape index (κ3) is 8.12. The summed E-state index contributed by atoms with van der Waals surface area (Å²) in [4.78, 5) is 33.5. The molecule has 0 saturated carbocycles. The molecule has 0 atom stereocenters. The summed E-state index contributed by atoms with van der Waals surface area (Å²) >= 11 is 0. The molecule has 230 valence electrons. The minimum Gasteiger partial charge on any atom is -0.465 e. The van der Waals surface area contributed by atoms with Gasteiger partial charge in [-0.25, -0.2) is 14.0 Å². The molecule has 5 rings (SSSR count). The second kappa shape index (κ2) is 13.9. The predicted molar refractivity (Wildman–Crippen MR) is 167 cm³/mol. The van der Waals surface area contributed by atoms with Crippen molar-refractivity contribution in [2.75, 3.05) is 62.8 Å². The van der Waals surface area contributed by atoms with E-state index in [1.165, 1.54) is 29.7 Å². The Morgan fingerprint density at radius 1 is 0.837 bits per heavy atom. The van der Waals surface area contributed by atoms with Crippen LogP contribution in [0.15, 0.2) is 72.8 Å². The highest BCUT2D eigenvalue weighted by molar-refractivity contribution is 8.24. The van der Waals surface area contributed by atoms with Gasteiger partial charge in [0.15, 0.2) is 0 Å². The maximum absolute atomic E-state index is 15.1. The average Bonchev–Trinajstić information content (AvgIpc) is 3.02. The van der Waals surface area contributed by atoms with Crippen LogP contribution in [0.4, 0.5) is 14.9 Å². The summed E-state index contributed by atoms with van der Waals surface area (Å²) in [5.41, 5.74) is 3.39. The Kier molecular flexibility index (Phi) is 9.99. The molecular weight excluding hydrogens is 571 g/mol. The number of piperazine rings is 1. The molecular formula is C32H39FN4O5S. The van der Waals surface area contributed by atoms with E-state index in [2.05, 4.69) is 38.8 Å². The number of urea groups is 1. The minimum absolute atomic E-state index is 0.0540. The molecule has 2 amide bonds. The molecule has 3 aromatic carbocycles. The molecule has 2 heterocycles. The standard InChI is InChI=1S/C32H39FN4O5S/c1-42-31(38)27-9-10-28(30(33)21-27)24-37(32(39)36-17-19-43(40,41)20-18-36)29-11-7-26(8-12-29)23-35-15-13-34(14-16-35)22-25-5-3-2-4-6-25/h2-12,21,40-41H,13-20,22-24H2,1H3. The SMILES string of the molecule is COC(=O)c1ccc(CN(C(=O)N2CCS(O)(O)CC2)c2ccc(CN3CCN(Cc4ccccc4)CC3)cc2)c(F)c1. The zero-order valence-electron chi connectivity index (χ0n) is 24.4. The molecule has 0 spiro atoms. The van der Waals surface area contributed by atoms with E-state index in [-0.39, 0.29) is 48.3 Å². The highest BCUT2D eigenvalue weighted by Crippen LogP contribution is 2.40. The van der Waals surface area contributed by atoms with Crippen LogP contribution in [0.1, 0.15) is 27.0 Å². The van der Waals surface area contributed by atoms with Crippen molar-refractivity contribution in [3.63, 3.8) is 0 Å². The number of hydrogen-bond donors (Lipinski definition) is 2. The highest BCUT2D eigenvalue weighted by atomic mass is 32.3. The van der Waals surface area contributed by atoms with Crippen molar-refractivity contribution in [3.8, 4) is 0 Å². The number of nitrogens with zero attached hydrogens (tertiary/aromatic N) is 4. The van der Waals surface area contributed by atoms with Crippen LogP contribution in [0.3, 0.4) is 0 Å². The second-order valence-electron chi connectivity index (χ2n) is 11.1. The van der Waals surface area contributed by atoms with E-state index in [0.717, 1.165) is 50.9 Å². The van der Waals surface area contributed by atoms with Gasteiger partial charge in [0, 0.05) is 63.6 Å². The molecule has 2 aliphatic heterocycles. The predicted octanol–water partition coefficient (Wildman–Crippen LogP) is 5.12. The summed E-state index contributed by atoms with van der Waals surface area (Å²) in [6, 6.07) is 22.0. The van der Waals surface area contributed by atoms with Crippen molar-refractivity contribution < 1.29 is 27.8 Å². The lowest BCUT2D eigenvalue weighted by Crippen LogP contribution is -2.49. The van der Waals surface area contributed by atoms with Gasteiger partial charge in [-0.3, -0.25) is 23.8 Å². The molecule has 0 aliphatic carbocycles. The number of halogens is 1. The Morgan fingerprint density at radius 3 is 1.98 bits per heavy atom. The number of benzene rings is 3. The van der Waals surface area contributed by atoms with Crippen LogP contribution in [0.2, 0.25) is 0 Å². The number of carbonyl (C=O) groups is 2. The number of ether oxygens (including phenoxy) is 1. The van der Waals surface area contributed by atoms with E-state index in [0.29, 0.717) is 5.69 Å². The number of hydrogen-bond acceptors (Lipinski definition) is 7. The van der Waals surface area contributed by atoms with Crippen LogP contribution >= 0.6 is 10.6 Å². The molecule has 0 radical (unpaired) electrons. The summed E-state index contributed by atoms with van der Waals surface area (Å²) < 4.78 is 39.8. The number of methoxy groups -OCH3 is 1. The van der Waals surface area contributed by atoms with E-state index in [1.807, 2.05) is 30.3 Å². The van der Waals surface area contributed by atoms with Gasteiger partial charge in [0.25, 0.3) is 0 Å². The minimum atomic E-state index is -2.68. The Hall–Kier alpha value is -3.48. The van der Waals surface area contributed by atoms with Gasteiger partial charge in [-0.1, -0.05) is 48.5 Å². The van der Waals surface area contributed by atoms with Crippen LogP contribution in [0, 0.1) is 5.82 Å². The third-order valence-electron chi connectivity index (χ3n) is 8.05. The first-order valence-electron chi connectivity index (χ1n) is 14.4. The zero-order valence-corrected chi connectivity index (χ0v) is 25.2. The van der Waals surface area contributed by atoms with Gasteiger partial charge in [0.1, 0.15) is 5.82 Å². The summed E-state index contributed by atoms with van der Waals surface area (Å²) in [5.74, 6) is -1.02. The number of esters is 1. The molecule has 0 bridgehead atoms. The van der Waals surface area contributed by atoms with Crippen LogP contribution in [-0.2, 0) is 24.4 Å². The van der Waals surface area contributed by atoms with Crippen LogP contribution in [0.25, 0.3) is 0 Å². The van der Waals surface area contributed by atoms with Crippen LogP contribution in [0.5, 0.6) is 0 Å². The van der Waals surface area contributed by atoms with E-state index in [9.17, 15) is 18.7 Å². The number of rotatable bonds is 8. The molecule has 2 fully saturated rings. The van der Waals surface area contributed by atoms with Gasteiger partial charge in [-0.05, 0) is 35.4 Å². The Bertz CT molecular complexity index is 1390. The number of carbonyl (C=O) groups excluding carboxylic acids is 2. The number of amides is 2. The van der Waals surface area contributed by atoms with Crippen molar-refractivity contribution in [1.82, 2.24) is 14.7 Å². The third-order valence-corrected chi connectivity index (χ3v) is 9.72. The monoisotopic (exact) mass is 610 g/mol. The fourth-order valence-electron chi connectivity index (χ4n) is 5.44. The summed E-state index contributed by atoms with van der Waals surface area (Å²) in [5, 5.41) is 0. The molecule has 11 heteroatoms. The first kappa shape index (κ1) is 31.0. The van der Waals surface area contributed by atoms with Crippen molar-refractivity contribution in [2.45, 2.75) is 19.6 Å².